The molecule has 14 rings (SSSR count). The number of alkyl halides is 6. The topological polar surface area (TPSA) is 402 Å². The maximum absolute atomic E-state index is 13.1. The molecule has 32 heteroatoms. The fourth-order valence-electron chi connectivity index (χ4n) is 10.6. The summed E-state index contributed by atoms with van der Waals surface area (Å²) < 4.78 is 103. The summed E-state index contributed by atoms with van der Waals surface area (Å²) in [7, 11) is 0. The van der Waals surface area contributed by atoms with Crippen LogP contribution in [0.25, 0.3) is 22.1 Å². The van der Waals surface area contributed by atoms with E-state index in [1.165, 1.54) is 12.1 Å². The maximum atomic E-state index is 13.1. The number of fused-ring (bicyclic) bond motifs is 10. The summed E-state index contributed by atoms with van der Waals surface area (Å²) in [6.45, 7) is 0. The number of nitrogens with zero attached hydrogens (tertiary/aromatic N) is 4. The lowest BCUT2D eigenvalue weighted by atomic mass is 10.1. The van der Waals surface area contributed by atoms with Gasteiger partial charge in [-0.15, -0.1) is 0 Å². The number of benzene rings is 4. The molecule has 94 heavy (non-hydrogen) atoms. The minimum Gasteiger partial charge on any atom is -0.489 e. The zero-order valence-electron chi connectivity index (χ0n) is 47.6. The van der Waals surface area contributed by atoms with Crippen LogP contribution in [0.15, 0.2) is 134 Å². The smallest absolute Gasteiger partial charge is 0.416 e. The molecule has 8 heterocycles. The average Bonchev–Trinajstić information content (AvgIpc) is 1.55. The van der Waals surface area contributed by atoms with Gasteiger partial charge >= 0.3 is 48.2 Å². The SMILES string of the molecule is O=C(O)/C=C/C(=O)O.O=C(O)/C=C/C(=O)O.O=C(O)/C=C/C(=O)O.O=C1CCc2c(Oc3ccc4c(c3)[C@@H]3[C@H](O4)[C@H]3c3nc4cc(C(F)(F)F)ccc4[nH]3)ccnc2N1.O=C1CCc2c(Oc3ccc4c(c3)[C@@H]3[C@H](O4)[C@H]3c3nc4cc(C(F)(F)F)ccc4[nH]3)ccnc2N1. The Morgan fingerprint density at radius 3 is 1.15 bits per heavy atom. The van der Waals surface area contributed by atoms with Crippen molar-refractivity contribution in [2.45, 2.75) is 73.9 Å². The third-order valence-electron chi connectivity index (χ3n) is 14.7. The number of amides is 2. The molecule has 484 valence electrons. The van der Waals surface area contributed by atoms with Crippen LogP contribution >= 0.6 is 0 Å². The molecule has 4 aromatic carbocycles. The van der Waals surface area contributed by atoms with Crippen LogP contribution in [0.2, 0.25) is 0 Å². The Morgan fingerprint density at radius 1 is 0.468 bits per heavy atom. The number of anilines is 2. The first-order chi connectivity index (χ1) is 44.6. The lowest BCUT2D eigenvalue weighted by molar-refractivity contribution is -0.138. The standard InChI is InChI=1S/2C25H17F3N4O3.3C4H4O4/c2*26-25(27,28)11-1-4-15-16(9-11)31-24(30-15)21-20-14-10-12(2-5-17(14)35-22(20)21)34-18-7-8-29-23-13(18)3-6-19(33)32-23;3*5-3(6)1-2-4(7)8/h2*1-2,4-5,7-10,20-22H,3,6H2,(H,30,31)(H,29,32,33);3*1-2H,(H,5,6)(H,7,8)/b;;3*2-1+/t2*20-,21-,22-;;;/m00.../s1. The number of hydrogen-bond donors (Lipinski definition) is 10. The molecule has 6 atom stereocenters. The van der Waals surface area contributed by atoms with E-state index in [4.69, 9.17) is 49.6 Å². The number of carboxylic acids is 6. The summed E-state index contributed by atoms with van der Waals surface area (Å²) in [5, 5.41) is 52.4. The van der Waals surface area contributed by atoms with E-state index in [9.17, 15) is 64.7 Å². The number of hydrogen-bond acceptors (Lipinski definition) is 16. The van der Waals surface area contributed by atoms with E-state index >= 15 is 0 Å². The Balaban J connectivity index is 0.000000153. The highest BCUT2D eigenvalue weighted by atomic mass is 19.4. The number of aromatic amines is 2. The molecule has 2 saturated carbocycles. The van der Waals surface area contributed by atoms with Crippen LogP contribution in [-0.4, -0.2) is 120 Å². The molecule has 0 bridgehead atoms. The summed E-state index contributed by atoms with van der Waals surface area (Å²) in [6, 6.07) is 21.8. The van der Waals surface area contributed by atoms with Crippen molar-refractivity contribution in [1.29, 1.82) is 0 Å². The number of carbonyl (C=O) groups excluding carboxylic acids is 2. The van der Waals surface area contributed by atoms with Gasteiger partial charge in [0.2, 0.25) is 11.8 Å². The lowest BCUT2D eigenvalue weighted by Gasteiger charge is -2.19. The van der Waals surface area contributed by atoms with Crippen LogP contribution in [0.5, 0.6) is 34.5 Å². The van der Waals surface area contributed by atoms with E-state index < -0.39 is 59.3 Å². The molecule has 8 aromatic rings. The van der Waals surface area contributed by atoms with Crippen molar-refractivity contribution in [2.75, 3.05) is 10.6 Å². The number of rotatable bonds is 12. The Kier molecular flexibility index (Phi) is 18.2. The van der Waals surface area contributed by atoms with Crippen LogP contribution in [0.4, 0.5) is 38.0 Å². The highest BCUT2D eigenvalue weighted by molar-refractivity contribution is 5.94. The highest BCUT2D eigenvalue weighted by Crippen LogP contribution is 2.64. The highest BCUT2D eigenvalue weighted by Gasteiger charge is 2.62. The van der Waals surface area contributed by atoms with Gasteiger partial charge in [-0.1, -0.05) is 0 Å². The van der Waals surface area contributed by atoms with Gasteiger partial charge in [0.15, 0.2) is 0 Å². The monoisotopic (exact) mass is 1300 g/mol. The molecule has 2 fully saturated rings. The van der Waals surface area contributed by atoms with Crippen LogP contribution < -0.4 is 29.6 Å². The number of aliphatic carboxylic acids is 6. The second-order valence-corrected chi connectivity index (χ2v) is 21.0. The molecule has 2 aliphatic carbocycles. The fourth-order valence-corrected chi connectivity index (χ4v) is 10.6. The van der Waals surface area contributed by atoms with Gasteiger partial charge in [0.25, 0.3) is 0 Å². The molecule has 0 spiro atoms. The summed E-state index contributed by atoms with van der Waals surface area (Å²) in [4.78, 5) is 104. The first-order valence-corrected chi connectivity index (χ1v) is 27.7. The number of aromatic nitrogens is 6. The van der Waals surface area contributed by atoms with Crippen molar-refractivity contribution in [3.8, 4) is 34.5 Å². The Hall–Kier alpha value is -12.1. The minimum atomic E-state index is -4.42. The van der Waals surface area contributed by atoms with Crippen molar-refractivity contribution < 1.29 is 114 Å². The predicted octanol–water partition coefficient (Wildman–Crippen LogP) is 9.73. The summed E-state index contributed by atoms with van der Waals surface area (Å²) >= 11 is 0. The predicted molar refractivity (Wildman–Crippen MR) is 311 cm³/mol. The Bertz CT molecular complexity index is 4130. The number of carbonyl (C=O) groups is 8. The van der Waals surface area contributed by atoms with Gasteiger partial charge in [-0.2, -0.15) is 26.3 Å². The van der Waals surface area contributed by atoms with Crippen molar-refractivity contribution >= 4 is 81.3 Å². The fraction of sp³-hybridized carbons (Fsp3) is 0.194. The third-order valence-corrected chi connectivity index (χ3v) is 14.7. The van der Waals surface area contributed by atoms with Gasteiger partial charge in [0.05, 0.1) is 45.0 Å². The van der Waals surface area contributed by atoms with Crippen molar-refractivity contribution in [2.24, 2.45) is 0 Å². The minimum absolute atomic E-state index is 0.0434. The van der Waals surface area contributed by atoms with E-state index in [-0.39, 0.29) is 58.7 Å². The van der Waals surface area contributed by atoms with Crippen LogP contribution in [0, 0.1) is 0 Å². The molecule has 6 aliphatic rings. The van der Waals surface area contributed by atoms with Crippen molar-refractivity contribution in [1.82, 2.24) is 29.9 Å². The third kappa shape index (κ3) is 15.2. The van der Waals surface area contributed by atoms with Gasteiger partial charge in [-0.05, 0) is 97.8 Å². The van der Waals surface area contributed by atoms with Crippen LogP contribution in [-0.2, 0) is 63.6 Å². The normalized spacial score (nSPS) is 18.9. The summed E-state index contributed by atoms with van der Waals surface area (Å²) in [6.07, 6.45) is -0.687. The first-order valence-electron chi connectivity index (χ1n) is 27.7. The van der Waals surface area contributed by atoms with Gasteiger partial charge in [0, 0.05) is 95.8 Å². The number of halogens is 6. The molecule has 2 amide bonds. The largest absolute Gasteiger partial charge is 0.489 e. The van der Waals surface area contributed by atoms with Gasteiger partial charge in [-0.3, -0.25) is 9.59 Å². The molecule has 0 saturated heterocycles. The van der Waals surface area contributed by atoms with Crippen molar-refractivity contribution in [3.63, 3.8) is 0 Å². The second-order valence-electron chi connectivity index (χ2n) is 21.0. The molecule has 10 N–H and O–H groups in total. The molecule has 0 unspecified atom stereocenters. The van der Waals surface area contributed by atoms with Gasteiger partial charge < -0.3 is 70.2 Å². The number of carboxylic acid groups (broad SMARTS) is 6. The summed E-state index contributed by atoms with van der Waals surface area (Å²) in [5.41, 5.74) is 3.90. The average molecular weight is 1310 g/mol. The van der Waals surface area contributed by atoms with E-state index in [1.54, 1.807) is 24.5 Å². The quantitative estimate of drug-likeness (QED) is 0.0401. The number of H-pyrrole nitrogens is 2. The number of pyridine rings is 2. The van der Waals surface area contributed by atoms with Crippen LogP contribution in [0.1, 0.15) is 81.5 Å². The van der Waals surface area contributed by atoms with E-state index in [1.807, 2.05) is 36.4 Å². The second kappa shape index (κ2) is 26.4. The molecule has 4 aromatic heterocycles. The van der Waals surface area contributed by atoms with E-state index in [2.05, 4.69) is 40.5 Å². The zero-order valence-corrected chi connectivity index (χ0v) is 47.6. The zero-order chi connectivity index (χ0) is 67.5. The summed E-state index contributed by atoms with van der Waals surface area (Å²) in [5.74, 6) is -1.40. The molecule has 0 radical (unpaired) electrons. The molecule has 26 nitrogen and oxygen atoms in total. The van der Waals surface area contributed by atoms with Crippen molar-refractivity contribution in [3.05, 3.63) is 179 Å². The maximum Gasteiger partial charge on any atom is 0.416 e. The molecule has 4 aliphatic heterocycles. The number of nitrogens with one attached hydrogen (secondary N) is 4. The Labute approximate surface area is 521 Å². The molecular formula is C62H46F6N8O18. The first kappa shape index (κ1) is 64.9. The van der Waals surface area contributed by atoms with E-state index in [0.29, 0.717) is 119 Å². The van der Waals surface area contributed by atoms with Gasteiger partial charge in [0.1, 0.15) is 70.0 Å². The van der Waals surface area contributed by atoms with Gasteiger partial charge in [-0.25, -0.2) is 48.7 Å². The number of imidazole rings is 2. The van der Waals surface area contributed by atoms with Crippen LogP contribution in [0.3, 0.4) is 0 Å². The Morgan fingerprint density at radius 2 is 0.819 bits per heavy atom. The van der Waals surface area contributed by atoms with E-state index in [0.717, 1.165) is 58.0 Å². The molecular weight excluding hydrogens is 1260 g/mol. The lowest BCUT2D eigenvalue weighted by Crippen LogP contribution is -2.20. The number of ether oxygens (including phenoxy) is 4.